The Morgan fingerprint density at radius 2 is 0.435 bits per heavy atom. The summed E-state index contributed by atoms with van der Waals surface area (Å²) in [6.45, 7) is 4.98. The van der Waals surface area contributed by atoms with E-state index in [2.05, 4.69) is 82.6 Å². The van der Waals surface area contributed by atoms with Gasteiger partial charge in [0.1, 0.15) is 23.0 Å². The Hall–Kier alpha value is -4.78. The predicted molar refractivity (Wildman–Crippen MR) is 184 cm³/mol. The number of ether oxygens (including phenoxy) is 4. The molecule has 0 bridgehead atoms. The van der Waals surface area contributed by atoms with Gasteiger partial charge in [0.25, 0.3) is 0 Å². The highest BCUT2D eigenvalue weighted by molar-refractivity contribution is 5.31. The van der Waals surface area contributed by atoms with Crippen molar-refractivity contribution in [2.75, 3.05) is 28.4 Å². The molecule has 238 valence electrons. The molecule has 5 aromatic rings. The van der Waals surface area contributed by atoms with Crippen LogP contribution in [-0.2, 0) is 39.3 Å². The van der Waals surface area contributed by atoms with Crippen LogP contribution in [0.1, 0.15) is 33.4 Å². The smallest absolute Gasteiger partial charge is 0.118 e. The third kappa shape index (κ3) is 9.61. The predicted octanol–water partition coefficient (Wildman–Crippen LogP) is 8.13. The molecule has 0 atom stereocenters. The lowest BCUT2D eigenvalue weighted by Crippen LogP contribution is -2.23. The molecule has 0 aliphatic heterocycles. The average molecular weight is 617 g/mol. The molecular weight excluding hydrogens is 572 g/mol. The number of methoxy groups -OCH3 is 4. The molecule has 0 aliphatic carbocycles. The van der Waals surface area contributed by atoms with Crippen molar-refractivity contribution in [2.45, 2.75) is 39.3 Å². The Labute approximate surface area is 273 Å². The van der Waals surface area contributed by atoms with Crippen LogP contribution in [0.4, 0.5) is 0 Å². The van der Waals surface area contributed by atoms with E-state index in [4.69, 9.17) is 18.9 Å². The first-order valence-electron chi connectivity index (χ1n) is 15.6. The van der Waals surface area contributed by atoms with Gasteiger partial charge in [-0.05, 0) is 81.9 Å². The highest BCUT2D eigenvalue weighted by Gasteiger charge is 2.12. The number of hydrogen-bond acceptors (Lipinski definition) is 6. The van der Waals surface area contributed by atoms with Crippen LogP contribution >= 0.6 is 0 Å². The molecule has 5 rings (SSSR count). The zero-order chi connectivity index (χ0) is 32.1. The summed E-state index contributed by atoms with van der Waals surface area (Å²) in [4.78, 5) is 4.94. The first-order valence-corrected chi connectivity index (χ1v) is 15.6. The van der Waals surface area contributed by atoms with E-state index in [9.17, 15) is 0 Å². The summed E-state index contributed by atoms with van der Waals surface area (Å²) in [5, 5.41) is 0. The zero-order valence-electron chi connectivity index (χ0n) is 27.3. The molecule has 46 heavy (non-hydrogen) atoms. The van der Waals surface area contributed by atoms with Gasteiger partial charge in [-0.25, -0.2) is 0 Å². The van der Waals surface area contributed by atoms with Gasteiger partial charge in [0.15, 0.2) is 0 Å². The maximum absolute atomic E-state index is 5.37. The third-order valence-corrected chi connectivity index (χ3v) is 8.10. The summed E-state index contributed by atoms with van der Waals surface area (Å²) in [5.74, 6) is 3.48. The monoisotopic (exact) mass is 616 g/mol. The van der Waals surface area contributed by atoms with Crippen molar-refractivity contribution in [2.24, 2.45) is 0 Å². The average Bonchev–Trinajstić information content (AvgIpc) is 3.10. The van der Waals surface area contributed by atoms with Gasteiger partial charge in [0.2, 0.25) is 0 Å². The van der Waals surface area contributed by atoms with Gasteiger partial charge in [-0.2, -0.15) is 0 Å². The highest BCUT2D eigenvalue weighted by Crippen LogP contribution is 2.22. The topological polar surface area (TPSA) is 43.4 Å². The lowest BCUT2D eigenvalue weighted by Gasteiger charge is -2.24. The number of hydrogen-bond donors (Lipinski definition) is 0. The fourth-order valence-electron chi connectivity index (χ4n) is 5.56. The van der Waals surface area contributed by atoms with Crippen molar-refractivity contribution in [3.63, 3.8) is 0 Å². The van der Waals surface area contributed by atoms with Gasteiger partial charge in [-0.3, -0.25) is 9.80 Å². The van der Waals surface area contributed by atoms with Crippen LogP contribution in [-0.4, -0.2) is 38.2 Å². The standard InChI is InChI=1S/C40H44N2O4/c1-43-37-17-9-33(10-18-37)27-41(28-34-11-19-38(44-2)20-12-34)25-31-5-7-32(8-6-31)26-42(29-35-13-21-39(45-3)22-14-35)30-36-15-23-40(46-4)24-16-36/h5-24H,25-30H2,1-4H3. The minimum absolute atomic E-state index is 0.829. The van der Waals surface area contributed by atoms with Crippen molar-refractivity contribution in [3.8, 4) is 23.0 Å². The maximum atomic E-state index is 5.37. The van der Waals surface area contributed by atoms with Crippen LogP contribution in [0.5, 0.6) is 23.0 Å². The van der Waals surface area contributed by atoms with Crippen LogP contribution in [0, 0.1) is 0 Å². The fraction of sp³-hybridized carbons (Fsp3) is 0.250. The molecule has 0 amide bonds. The first kappa shape index (κ1) is 32.6. The van der Waals surface area contributed by atoms with Gasteiger partial charge in [-0.1, -0.05) is 72.8 Å². The summed E-state index contributed by atoms with van der Waals surface area (Å²) in [5.41, 5.74) is 7.56. The largest absolute Gasteiger partial charge is 0.497 e. The molecular formula is C40H44N2O4. The quantitative estimate of drug-likeness (QED) is 0.112. The van der Waals surface area contributed by atoms with E-state index in [1.54, 1.807) is 28.4 Å². The van der Waals surface area contributed by atoms with Crippen molar-refractivity contribution < 1.29 is 18.9 Å². The Morgan fingerprint density at radius 3 is 0.587 bits per heavy atom. The molecule has 0 saturated carbocycles. The minimum atomic E-state index is 0.829. The Morgan fingerprint density at radius 1 is 0.283 bits per heavy atom. The van der Waals surface area contributed by atoms with E-state index in [0.717, 1.165) is 62.3 Å². The van der Waals surface area contributed by atoms with Gasteiger partial charge in [0.05, 0.1) is 28.4 Å². The molecule has 0 fully saturated rings. The molecule has 0 radical (unpaired) electrons. The molecule has 0 heterocycles. The normalized spacial score (nSPS) is 11.1. The summed E-state index contributed by atoms with van der Waals surface area (Å²) >= 11 is 0. The van der Waals surface area contributed by atoms with Crippen LogP contribution in [0.25, 0.3) is 0 Å². The van der Waals surface area contributed by atoms with Crippen LogP contribution < -0.4 is 18.9 Å². The third-order valence-electron chi connectivity index (χ3n) is 8.10. The SMILES string of the molecule is COc1ccc(CN(Cc2ccc(CN(Cc3ccc(OC)cc3)Cc3ccc(OC)cc3)cc2)Cc2ccc(OC)cc2)cc1. The van der Waals surface area contributed by atoms with E-state index in [0.29, 0.717) is 0 Å². The first-order chi connectivity index (χ1) is 22.5. The van der Waals surface area contributed by atoms with E-state index in [1.165, 1.54) is 33.4 Å². The van der Waals surface area contributed by atoms with Gasteiger partial charge in [0, 0.05) is 39.3 Å². The van der Waals surface area contributed by atoms with Gasteiger partial charge < -0.3 is 18.9 Å². The summed E-state index contributed by atoms with van der Waals surface area (Å²) in [6, 6.07) is 42.4. The Balaban J connectivity index is 1.30. The van der Waals surface area contributed by atoms with Gasteiger partial charge >= 0.3 is 0 Å². The van der Waals surface area contributed by atoms with Crippen LogP contribution in [0.15, 0.2) is 121 Å². The summed E-state index contributed by atoms with van der Waals surface area (Å²) in [7, 11) is 6.80. The Bertz CT molecular complexity index is 1380. The molecule has 0 aliphatic rings. The van der Waals surface area contributed by atoms with Crippen LogP contribution in [0.3, 0.4) is 0 Å². The molecule has 0 N–H and O–H groups in total. The maximum Gasteiger partial charge on any atom is 0.118 e. The second-order valence-electron chi connectivity index (χ2n) is 11.5. The number of rotatable bonds is 16. The molecule has 0 saturated heterocycles. The van der Waals surface area contributed by atoms with Gasteiger partial charge in [-0.15, -0.1) is 0 Å². The minimum Gasteiger partial charge on any atom is -0.497 e. The summed E-state index contributed by atoms with van der Waals surface area (Å²) in [6.07, 6.45) is 0. The molecule has 0 unspecified atom stereocenters. The summed E-state index contributed by atoms with van der Waals surface area (Å²) < 4.78 is 21.5. The van der Waals surface area contributed by atoms with E-state index in [1.807, 2.05) is 48.5 Å². The van der Waals surface area contributed by atoms with E-state index in [-0.39, 0.29) is 0 Å². The van der Waals surface area contributed by atoms with Crippen molar-refractivity contribution >= 4 is 0 Å². The zero-order valence-corrected chi connectivity index (χ0v) is 27.3. The van der Waals surface area contributed by atoms with E-state index < -0.39 is 0 Å². The number of benzene rings is 5. The molecule has 5 aromatic carbocycles. The number of nitrogens with zero attached hydrogens (tertiary/aromatic N) is 2. The molecule has 0 aromatic heterocycles. The Kier molecular flexibility index (Phi) is 11.7. The lowest BCUT2D eigenvalue weighted by atomic mass is 10.1. The highest BCUT2D eigenvalue weighted by atomic mass is 16.5. The van der Waals surface area contributed by atoms with E-state index >= 15 is 0 Å². The molecule has 6 nitrogen and oxygen atoms in total. The molecule has 0 spiro atoms. The lowest BCUT2D eigenvalue weighted by molar-refractivity contribution is 0.245. The van der Waals surface area contributed by atoms with Crippen molar-refractivity contribution in [1.29, 1.82) is 0 Å². The molecule has 6 heteroatoms. The van der Waals surface area contributed by atoms with Crippen LogP contribution in [0.2, 0.25) is 0 Å². The van der Waals surface area contributed by atoms with Crippen molar-refractivity contribution in [1.82, 2.24) is 9.80 Å². The second kappa shape index (κ2) is 16.5. The second-order valence-corrected chi connectivity index (χ2v) is 11.5. The fourth-order valence-corrected chi connectivity index (χ4v) is 5.56. The van der Waals surface area contributed by atoms with Crippen molar-refractivity contribution in [3.05, 3.63) is 155 Å².